The molecule has 3 heterocycles. The second-order valence-electron chi connectivity index (χ2n) is 17.9. The molecule has 0 radical (unpaired) electrons. The normalized spacial score (nSPS) is 26.1. The topological polar surface area (TPSA) is 118 Å². The number of aromatic nitrogens is 2. The van der Waals surface area contributed by atoms with Crippen molar-refractivity contribution >= 4 is 25.0 Å². The molecule has 3 saturated carbocycles. The maximum Gasteiger partial charge on any atom is 0.457 e. The van der Waals surface area contributed by atoms with Crippen LogP contribution in [0.5, 0.6) is 5.75 Å². The molecule has 278 valence electrons. The van der Waals surface area contributed by atoms with Crippen LogP contribution in [0.1, 0.15) is 115 Å². The van der Waals surface area contributed by atoms with E-state index in [1.807, 2.05) is 60.6 Å². The molecule has 5 aliphatic rings. The molecule has 3 aliphatic carbocycles. The lowest BCUT2D eigenvalue weighted by Crippen LogP contribution is -2.65. The first-order valence-electron chi connectivity index (χ1n) is 18.5. The predicted molar refractivity (Wildman–Crippen MR) is 192 cm³/mol. The van der Waals surface area contributed by atoms with Gasteiger partial charge in [-0.15, -0.1) is 0 Å². The van der Waals surface area contributed by atoms with Crippen molar-refractivity contribution in [1.82, 2.24) is 14.5 Å². The molecule has 2 aliphatic heterocycles. The van der Waals surface area contributed by atoms with Crippen LogP contribution in [0.15, 0.2) is 24.7 Å². The maximum absolute atomic E-state index is 13.6. The number of carbonyl (C=O) groups excluding carboxylic acids is 3. The minimum Gasteiger partial charge on any atom is -0.486 e. The van der Waals surface area contributed by atoms with Crippen LogP contribution in [-0.2, 0) is 41.3 Å². The smallest absolute Gasteiger partial charge is 0.457 e. The van der Waals surface area contributed by atoms with Crippen molar-refractivity contribution in [2.75, 3.05) is 13.1 Å². The largest absolute Gasteiger partial charge is 0.486 e. The van der Waals surface area contributed by atoms with Crippen LogP contribution >= 0.6 is 0 Å². The molecule has 2 saturated heterocycles. The lowest BCUT2D eigenvalue weighted by Gasteiger charge is -2.64. The fourth-order valence-electron chi connectivity index (χ4n) is 8.51. The molecule has 11 nitrogen and oxygen atoms in total. The summed E-state index contributed by atoms with van der Waals surface area (Å²) in [6, 6.07) is 3.86. The van der Waals surface area contributed by atoms with E-state index in [-0.39, 0.29) is 48.8 Å². The first kappa shape index (κ1) is 37.4. The van der Waals surface area contributed by atoms with Crippen LogP contribution in [0.25, 0.3) is 0 Å². The predicted octanol–water partition coefficient (Wildman–Crippen LogP) is 6.15. The number of nitrogens with zero attached hydrogens (tertiary/aromatic N) is 3. The van der Waals surface area contributed by atoms with Gasteiger partial charge in [0, 0.05) is 6.20 Å². The molecule has 5 atom stereocenters. The van der Waals surface area contributed by atoms with E-state index >= 15 is 0 Å². The average molecular weight is 706 g/mol. The summed E-state index contributed by atoms with van der Waals surface area (Å²) in [5.74, 6) is 0.264. The Bertz CT molecular complexity index is 1670. The summed E-state index contributed by atoms with van der Waals surface area (Å²) in [5, 5.41) is 0. The second kappa shape index (κ2) is 13.2. The molecule has 1 aromatic heterocycles. The fraction of sp³-hybridized carbons (Fsp3) is 0.692. The Morgan fingerprint density at radius 3 is 2.37 bits per heavy atom. The van der Waals surface area contributed by atoms with Gasteiger partial charge in [0.25, 0.3) is 0 Å². The molecule has 2 bridgehead atoms. The maximum atomic E-state index is 13.6. The fourth-order valence-corrected chi connectivity index (χ4v) is 8.51. The van der Waals surface area contributed by atoms with E-state index in [4.69, 9.17) is 23.5 Å². The number of benzene rings is 1. The summed E-state index contributed by atoms with van der Waals surface area (Å²) in [4.78, 5) is 45.3. The van der Waals surface area contributed by atoms with Gasteiger partial charge in [-0.3, -0.25) is 9.59 Å². The SMILES string of the molecule is Cc1c(CCB2O[C@@H]3C[C@@H]4C[C@@H](C4(C)C)[C@]3(C)O2)ccc(OC2CN(C(=O)C(C)c3cn(CC(=O)OC(C)(C)C)cn3)C2)c1C(=O)OC(C)(C)C. The number of rotatable bonds is 10. The summed E-state index contributed by atoms with van der Waals surface area (Å²) in [5.41, 5.74) is 1.59. The van der Waals surface area contributed by atoms with Crippen molar-refractivity contribution in [3.63, 3.8) is 0 Å². The Morgan fingerprint density at radius 2 is 1.73 bits per heavy atom. The number of likely N-dealkylation sites (tertiary alicyclic amines) is 1. The molecule has 0 spiro atoms. The first-order chi connectivity index (χ1) is 23.6. The third-order valence-electron chi connectivity index (χ3n) is 11.4. The Balaban J connectivity index is 1.08. The molecule has 0 N–H and O–H groups in total. The lowest BCUT2D eigenvalue weighted by atomic mass is 9.43. The highest BCUT2D eigenvalue weighted by molar-refractivity contribution is 6.45. The van der Waals surface area contributed by atoms with Crippen molar-refractivity contribution in [3.05, 3.63) is 47.0 Å². The summed E-state index contributed by atoms with van der Waals surface area (Å²) in [6.45, 7) is 22.5. The van der Waals surface area contributed by atoms with E-state index in [1.54, 1.807) is 28.9 Å². The number of aryl methyl sites for hydroxylation is 1. The third-order valence-corrected chi connectivity index (χ3v) is 11.4. The standard InChI is InChI=1S/C39H56BN3O8/c1-23-25(14-15-40-50-31-17-26-16-30(38(26,9)10)39(31,11)51-40)12-13-29(33(23)35(46)49-37(6,7)8)47-27-18-43(19-27)34(45)24(2)28-20-42(22-41-28)21-32(44)48-36(3,4)5/h12-13,20,22,24,26-27,30-31H,14-19,21H2,1-11H3/t24?,26-,30-,31+,39-/m0/s1. The van der Waals surface area contributed by atoms with Crippen molar-refractivity contribution in [3.8, 4) is 5.75 Å². The number of hydrogen-bond donors (Lipinski definition) is 0. The third kappa shape index (κ3) is 7.59. The highest BCUT2D eigenvalue weighted by atomic mass is 16.7. The van der Waals surface area contributed by atoms with Crippen LogP contribution in [-0.4, -0.2) is 81.5 Å². The highest BCUT2D eigenvalue weighted by Crippen LogP contribution is 2.65. The van der Waals surface area contributed by atoms with Crippen LogP contribution < -0.4 is 4.74 Å². The Hall–Kier alpha value is -3.38. The monoisotopic (exact) mass is 705 g/mol. The second-order valence-corrected chi connectivity index (χ2v) is 17.9. The molecular formula is C39H56BN3O8. The molecule has 51 heavy (non-hydrogen) atoms. The van der Waals surface area contributed by atoms with Gasteiger partial charge in [0.05, 0.1) is 42.7 Å². The van der Waals surface area contributed by atoms with Crippen molar-refractivity contribution in [2.24, 2.45) is 17.3 Å². The van der Waals surface area contributed by atoms with Gasteiger partial charge in [0.15, 0.2) is 0 Å². The lowest BCUT2D eigenvalue weighted by molar-refractivity contribution is -0.199. The van der Waals surface area contributed by atoms with Crippen molar-refractivity contribution < 1.29 is 37.9 Å². The minimum atomic E-state index is -0.682. The molecule has 1 amide bonds. The van der Waals surface area contributed by atoms with Crippen molar-refractivity contribution in [1.29, 1.82) is 0 Å². The van der Waals surface area contributed by atoms with E-state index in [0.717, 1.165) is 17.5 Å². The van der Waals surface area contributed by atoms with Gasteiger partial charge in [-0.05, 0) is 122 Å². The van der Waals surface area contributed by atoms with Gasteiger partial charge in [0.2, 0.25) is 5.91 Å². The molecular weight excluding hydrogens is 649 g/mol. The number of amides is 1. The number of hydrogen-bond acceptors (Lipinski definition) is 9. The summed E-state index contributed by atoms with van der Waals surface area (Å²) in [6.07, 6.45) is 6.74. The molecule has 7 rings (SSSR count). The van der Waals surface area contributed by atoms with Gasteiger partial charge < -0.3 is 33.0 Å². The van der Waals surface area contributed by atoms with Gasteiger partial charge in [0.1, 0.15) is 35.2 Å². The molecule has 5 fully saturated rings. The zero-order valence-corrected chi connectivity index (χ0v) is 32.3. The van der Waals surface area contributed by atoms with E-state index < -0.39 is 23.1 Å². The van der Waals surface area contributed by atoms with E-state index in [0.29, 0.717) is 54.7 Å². The zero-order valence-electron chi connectivity index (χ0n) is 32.3. The molecule has 1 aromatic carbocycles. The average Bonchev–Trinajstić information content (AvgIpc) is 3.58. The Morgan fingerprint density at radius 1 is 1.04 bits per heavy atom. The first-order valence-corrected chi connectivity index (χ1v) is 18.5. The number of imidazole rings is 1. The number of esters is 2. The van der Waals surface area contributed by atoms with Gasteiger partial charge in [-0.1, -0.05) is 19.9 Å². The number of ether oxygens (including phenoxy) is 3. The van der Waals surface area contributed by atoms with Gasteiger partial charge in [-0.2, -0.15) is 0 Å². The molecule has 2 aromatic rings. The van der Waals surface area contributed by atoms with E-state index in [9.17, 15) is 14.4 Å². The zero-order chi connectivity index (χ0) is 37.3. The van der Waals surface area contributed by atoms with E-state index in [1.165, 1.54) is 6.42 Å². The Kier molecular flexibility index (Phi) is 9.70. The number of carbonyl (C=O) groups is 3. The molecule has 12 heteroatoms. The van der Waals surface area contributed by atoms with Crippen LogP contribution in [0.4, 0.5) is 0 Å². The summed E-state index contributed by atoms with van der Waals surface area (Å²) >= 11 is 0. The van der Waals surface area contributed by atoms with Crippen LogP contribution in [0, 0.1) is 24.2 Å². The highest BCUT2D eigenvalue weighted by Gasteiger charge is 2.67. The summed E-state index contributed by atoms with van der Waals surface area (Å²) < 4.78 is 32.4. The quantitative estimate of drug-likeness (QED) is 0.212. The van der Waals surface area contributed by atoms with Crippen LogP contribution in [0.3, 0.4) is 0 Å². The Labute approximate surface area is 303 Å². The van der Waals surface area contributed by atoms with Crippen molar-refractivity contribution in [2.45, 2.75) is 143 Å². The van der Waals surface area contributed by atoms with Gasteiger partial charge >= 0.3 is 19.1 Å². The molecule has 1 unspecified atom stereocenters. The van der Waals surface area contributed by atoms with Crippen LogP contribution in [0.2, 0.25) is 6.32 Å². The minimum absolute atomic E-state index is 0.0182. The van der Waals surface area contributed by atoms with E-state index in [2.05, 4.69) is 25.8 Å². The summed E-state index contributed by atoms with van der Waals surface area (Å²) in [7, 11) is -0.282. The van der Waals surface area contributed by atoms with Gasteiger partial charge in [-0.25, -0.2) is 9.78 Å².